The highest BCUT2D eigenvalue weighted by molar-refractivity contribution is 6.65. The smallest absolute Gasteiger partial charge is 0.399 e. The number of carbonyl (C=O) groups excluding carboxylic acids is 1. The molecule has 0 unspecified atom stereocenters. The summed E-state index contributed by atoms with van der Waals surface area (Å²) in [6, 6.07) is 8.69. The molecule has 0 saturated carbocycles. The normalized spacial score (nSPS) is 18.2. The third-order valence-electron chi connectivity index (χ3n) is 4.69. The Balaban J connectivity index is 1.77. The molecule has 1 saturated heterocycles. The largest absolute Gasteiger partial charge is 0.496 e. The van der Waals surface area contributed by atoms with Gasteiger partial charge in [-0.1, -0.05) is 17.7 Å². The average molecular weight is 359 g/mol. The minimum absolute atomic E-state index is 0.243. The van der Waals surface area contributed by atoms with Crippen LogP contribution in [0.5, 0.6) is 0 Å². The zero-order chi connectivity index (χ0) is 18.2. The molecular weight excluding hydrogens is 338 g/mol. The molecule has 0 atom stereocenters. The molecule has 0 bridgehead atoms. The fourth-order valence-corrected chi connectivity index (χ4v) is 2.74. The van der Waals surface area contributed by atoms with Gasteiger partial charge in [-0.2, -0.15) is 0 Å². The van der Waals surface area contributed by atoms with Gasteiger partial charge < -0.3 is 14.6 Å². The van der Waals surface area contributed by atoms with Crippen LogP contribution in [0.3, 0.4) is 0 Å². The van der Waals surface area contributed by atoms with E-state index in [9.17, 15) is 4.79 Å². The summed E-state index contributed by atoms with van der Waals surface area (Å²) in [5.41, 5.74) is 0.940. The molecule has 0 spiro atoms. The van der Waals surface area contributed by atoms with E-state index in [1.807, 2.05) is 33.8 Å². The Morgan fingerprint density at radius 2 is 1.84 bits per heavy atom. The van der Waals surface area contributed by atoms with Crippen LogP contribution in [-0.2, 0) is 9.31 Å². The summed E-state index contributed by atoms with van der Waals surface area (Å²) in [6.07, 6.45) is 3.13. The monoisotopic (exact) mass is 358 g/mol. The lowest BCUT2D eigenvalue weighted by atomic mass is 9.79. The molecule has 1 fully saturated rings. The summed E-state index contributed by atoms with van der Waals surface area (Å²) in [6.45, 7) is 7.96. The molecule has 1 amide bonds. The van der Waals surface area contributed by atoms with Gasteiger partial charge in [-0.3, -0.25) is 9.78 Å². The Labute approximate surface area is 152 Å². The molecule has 7 heteroatoms. The fourth-order valence-electron chi connectivity index (χ4n) is 2.47. The van der Waals surface area contributed by atoms with Gasteiger partial charge in [0, 0.05) is 28.6 Å². The van der Waals surface area contributed by atoms with E-state index in [1.165, 1.54) is 6.20 Å². The van der Waals surface area contributed by atoms with E-state index in [0.29, 0.717) is 16.3 Å². The van der Waals surface area contributed by atoms with Gasteiger partial charge in [0.1, 0.15) is 0 Å². The predicted octanol–water partition coefficient (Wildman–Crippen LogP) is 3.29. The van der Waals surface area contributed by atoms with Gasteiger partial charge in [-0.05, 0) is 52.0 Å². The van der Waals surface area contributed by atoms with Gasteiger partial charge in [0.25, 0.3) is 5.91 Å². The maximum atomic E-state index is 12.2. The number of rotatable bonds is 3. The number of halogens is 1. The Bertz CT molecular complexity index is 780. The van der Waals surface area contributed by atoms with Crippen LogP contribution in [0, 0.1) is 0 Å². The first-order chi connectivity index (χ1) is 11.7. The summed E-state index contributed by atoms with van der Waals surface area (Å²) >= 11 is 6.40. The molecule has 5 nitrogen and oxygen atoms in total. The van der Waals surface area contributed by atoms with Crippen molar-refractivity contribution in [1.82, 2.24) is 4.98 Å². The molecule has 1 aliphatic rings. The van der Waals surface area contributed by atoms with E-state index in [4.69, 9.17) is 20.9 Å². The predicted molar refractivity (Wildman–Crippen MR) is 99.4 cm³/mol. The van der Waals surface area contributed by atoms with E-state index in [1.54, 1.807) is 30.5 Å². The standard InChI is InChI=1S/C18H20BClN2O3/c1-17(2)18(3,4)25-19(24-17)14-8-7-13(10-15(14)20)22-16(23)12-6-5-9-21-11-12/h5-11H,1-4H3,(H,22,23). The summed E-state index contributed by atoms with van der Waals surface area (Å²) < 4.78 is 12.0. The van der Waals surface area contributed by atoms with E-state index in [-0.39, 0.29) is 5.91 Å². The topological polar surface area (TPSA) is 60.5 Å². The average Bonchev–Trinajstić information content (AvgIpc) is 2.76. The van der Waals surface area contributed by atoms with Crippen molar-refractivity contribution in [1.29, 1.82) is 0 Å². The van der Waals surface area contributed by atoms with E-state index in [2.05, 4.69) is 10.3 Å². The molecule has 1 aromatic carbocycles. The van der Waals surface area contributed by atoms with Crippen LogP contribution in [0.2, 0.25) is 5.02 Å². The number of nitrogens with one attached hydrogen (secondary N) is 1. The molecule has 1 aliphatic heterocycles. The van der Waals surface area contributed by atoms with Gasteiger partial charge in [0.05, 0.1) is 16.8 Å². The molecule has 1 N–H and O–H groups in total. The van der Waals surface area contributed by atoms with Gasteiger partial charge in [0.15, 0.2) is 0 Å². The molecule has 0 aliphatic carbocycles. The van der Waals surface area contributed by atoms with E-state index < -0.39 is 18.3 Å². The number of nitrogens with zero attached hydrogens (tertiary/aromatic N) is 1. The van der Waals surface area contributed by atoms with Crippen molar-refractivity contribution < 1.29 is 14.1 Å². The zero-order valence-electron chi connectivity index (χ0n) is 14.7. The van der Waals surface area contributed by atoms with Crippen molar-refractivity contribution in [3.63, 3.8) is 0 Å². The van der Waals surface area contributed by atoms with Crippen LogP contribution in [0.25, 0.3) is 0 Å². The van der Waals surface area contributed by atoms with Crippen molar-refractivity contribution in [2.24, 2.45) is 0 Å². The Kier molecular flexibility index (Phi) is 4.62. The zero-order valence-corrected chi connectivity index (χ0v) is 15.4. The van der Waals surface area contributed by atoms with Crippen molar-refractivity contribution in [3.05, 3.63) is 53.3 Å². The summed E-state index contributed by atoms with van der Waals surface area (Å²) in [4.78, 5) is 16.1. The number of benzene rings is 1. The lowest BCUT2D eigenvalue weighted by Crippen LogP contribution is -2.41. The number of aromatic nitrogens is 1. The van der Waals surface area contributed by atoms with Crippen LogP contribution in [0.4, 0.5) is 5.69 Å². The van der Waals surface area contributed by atoms with E-state index >= 15 is 0 Å². The quantitative estimate of drug-likeness (QED) is 0.855. The molecule has 1 aromatic heterocycles. The summed E-state index contributed by atoms with van der Waals surface area (Å²) in [7, 11) is -0.541. The summed E-state index contributed by atoms with van der Waals surface area (Å²) in [5.74, 6) is -0.243. The Morgan fingerprint density at radius 3 is 2.40 bits per heavy atom. The number of anilines is 1. The lowest BCUT2D eigenvalue weighted by Gasteiger charge is -2.32. The third kappa shape index (κ3) is 3.56. The molecular formula is C18H20BClN2O3. The van der Waals surface area contributed by atoms with Crippen LogP contribution < -0.4 is 10.8 Å². The number of pyridine rings is 1. The number of hydrogen-bond acceptors (Lipinski definition) is 4. The number of carbonyl (C=O) groups is 1. The fraction of sp³-hybridized carbons (Fsp3) is 0.333. The van der Waals surface area contributed by atoms with Crippen molar-refractivity contribution in [2.45, 2.75) is 38.9 Å². The highest BCUT2D eigenvalue weighted by atomic mass is 35.5. The maximum Gasteiger partial charge on any atom is 0.496 e. The van der Waals surface area contributed by atoms with Crippen LogP contribution in [0.1, 0.15) is 38.1 Å². The van der Waals surface area contributed by atoms with Crippen molar-refractivity contribution in [3.8, 4) is 0 Å². The highest BCUT2D eigenvalue weighted by Crippen LogP contribution is 2.37. The molecule has 25 heavy (non-hydrogen) atoms. The molecule has 2 heterocycles. The maximum absolute atomic E-state index is 12.2. The second-order valence-electron chi connectivity index (χ2n) is 7.02. The second kappa shape index (κ2) is 6.44. The first kappa shape index (κ1) is 17.9. The minimum Gasteiger partial charge on any atom is -0.399 e. The Morgan fingerprint density at radius 1 is 1.16 bits per heavy atom. The third-order valence-corrected chi connectivity index (χ3v) is 5.02. The van der Waals surface area contributed by atoms with E-state index in [0.717, 1.165) is 5.46 Å². The minimum atomic E-state index is -0.541. The summed E-state index contributed by atoms with van der Waals surface area (Å²) in [5, 5.41) is 3.28. The number of amides is 1. The molecule has 0 radical (unpaired) electrons. The van der Waals surface area contributed by atoms with Gasteiger partial charge in [-0.15, -0.1) is 0 Å². The molecule has 3 rings (SSSR count). The number of hydrogen-bond donors (Lipinski definition) is 1. The van der Waals surface area contributed by atoms with Gasteiger partial charge in [0.2, 0.25) is 0 Å². The van der Waals surface area contributed by atoms with Gasteiger partial charge in [-0.25, -0.2) is 0 Å². The lowest BCUT2D eigenvalue weighted by molar-refractivity contribution is 0.00578. The Hall–Kier alpha value is -1.89. The first-order valence-corrected chi connectivity index (χ1v) is 8.44. The SMILES string of the molecule is CC1(C)OB(c2ccc(NC(=O)c3cccnc3)cc2Cl)OC1(C)C. The van der Waals surface area contributed by atoms with Crippen LogP contribution in [-0.4, -0.2) is 29.2 Å². The molecule has 2 aromatic rings. The van der Waals surface area contributed by atoms with Crippen molar-refractivity contribution >= 4 is 35.8 Å². The molecule has 130 valence electrons. The first-order valence-electron chi connectivity index (χ1n) is 8.06. The van der Waals surface area contributed by atoms with Crippen LogP contribution >= 0.6 is 11.6 Å². The van der Waals surface area contributed by atoms with Crippen molar-refractivity contribution in [2.75, 3.05) is 5.32 Å². The van der Waals surface area contributed by atoms with Gasteiger partial charge >= 0.3 is 7.12 Å². The van der Waals surface area contributed by atoms with Crippen LogP contribution in [0.15, 0.2) is 42.7 Å². The highest BCUT2D eigenvalue weighted by Gasteiger charge is 2.52. The second-order valence-corrected chi connectivity index (χ2v) is 7.43.